The zero-order valence-corrected chi connectivity index (χ0v) is 24.6. The molecular formula is C32H48O6. The number of aromatic hydroxyl groups is 1. The monoisotopic (exact) mass is 528 g/mol. The number of carbonyl (C=O) groups excluding carboxylic acids is 1. The second kappa shape index (κ2) is 11.4. The SMILES string of the molecule is C=C1CCC2C(C)(CCC=C(C)C)C(OC(=O)C(O)C(C)C)CCC2(C)C1Cc1c(O)c(C)c(C)oc1=O. The van der Waals surface area contributed by atoms with Crippen LogP contribution in [0.5, 0.6) is 5.75 Å². The van der Waals surface area contributed by atoms with Gasteiger partial charge in [-0.3, -0.25) is 0 Å². The molecule has 6 atom stereocenters. The molecule has 0 aliphatic heterocycles. The Morgan fingerprint density at radius 1 is 1.24 bits per heavy atom. The number of fused-ring (bicyclic) bond motifs is 1. The van der Waals surface area contributed by atoms with Crippen molar-refractivity contribution in [1.82, 2.24) is 0 Å². The Bertz CT molecular complexity index is 1140. The van der Waals surface area contributed by atoms with E-state index in [0.29, 0.717) is 29.7 Å². The van der Waals surface area contributed by atoms with Gasteiger partial charge in [-0.2, -0.15) is 0 Å². The van der Waals surface area contributed by atoms with Gasteiger partial charge in [-0.05, 0) is 95.8 Å². The summed E-state index contributed by atoms with van der Waals surface area (Å²) < 4.78 is 11.5. The number of esters is 1. The van der Waals surface area contributed by atoms with Gasteiger partial charge in [0.2, 0.25) is 0 Å². The number of allylic oxidation sites excluding steroid dienone is 3. The lowest BCUT2D eigenvalue weighted by molar-refractivity contribution is -0.190. The zero-order valence-electron chi connectivity index (χ0n) is 24.6. The van der Waals surface area contributed by atoms with Crippen LogP contribution in [0.2, 0.25) is 0 Å². The first-order valence-electron chi connectivity index (χ1n) is 14.1. The van der Waals surface area contributed by atoms with E-state index >= 15 is 0 Å². The van der Waals surface area contributed by atoms with Gasteiger partial charge >= 0.3 is 11.6 Å². The van der Waals surface area contributed by atoms with Crippen LogP contribution in [0.25, 0.3) is 0 Å². The molecule has 6 nitrogen and oxygen atoms in total. The van der Waals surface area contributed by atoms with Crippen LogP contribution in [0.4, 0.5) is 0 Å². The van der Waals surface area contributed by atoms with Crippen LogP contribution in [0.15, 0.2) is 33.0 Å². The number of aliphatic hydroxyl groups excluding tert-OH is 1. The molecule has 2 fully saturated rings. The van der Waals surface area contributed by atoms with E-state index in [4.69, 9.17) is 9.15 Å². The highest BCUT2D eigenvalue weighted by molar-refractivity contribution is 5.74. The number of hydrogen-bond donors (Lipinski definition) is 2. The van der Waals surface area contributed by atoms with Gasteiger partial charge in [-0.15, -0.1) is 0 Å². The molecular weight excluding hydrogens is 480 g/mol. The van der Waals surface area contributed by atoms with Gasteiger partial charge in [-0.25, -0.2) is 9.59 Å². The van der Waals surface area contributed by atoms with E-state index in [2.05, 4.69) is 40.3 Å². The lowest BCUT2D eigenvalue weighted by atomic mass is 9.45. The highest BCUT2D eigenvalue weighted by Crippen LogP contribution is 2.63. The largest absolute Gasteiger partial charge is 0.507 e. The van der Waals surface area contributed by atoms with Crippen molar-refractivity contribution in [3.8, 4) is 5.75 Å². The average molecular weight is 529 g/mol. The Hall–Kier alpha value is -2.34. The van der Waals surface area contributed by atoms with E-state index in [1.54, 1.807) is 13.8 Å². The molecule has 2 saturated carbocycles. The summed E-state index contributed by atoms with van der Waals surface area (Å²) in [6.07, 6.45) is 6.09. The molecule has 0 amide bonds. The van der Waals surface area contributed by atoms with E-state index in [0.717, 1.165) is 37.7 Å². The van der Waals surface area contributed by atoms with Gasteiger partial charge < -0.3 is 19.4 Å². The van der Waals surface area contributed by atoms with Crippen LogP contribution < -0.4 is 5.63 Å². The lowest BCUT2D eigenvalue weighted by Gasteiger charge is -2.61. The Morgan fingerprint density at radius 3 is 2.50 bits per heavy atom. The maximum Gasteiger partial charge on any atom is 0.342 e. The van der Waals surface area contributed by atoms with Crippen LogP contribution in [-0.2, 0) is 16.0 Å². The number of aryl methyl sites for hydroxylation is 1. The van der Waals surface area contributed by atoms with Crippen molar-refractivity contribution >= 4 is 5.97 Å². The minimum absolute atomic E-state index is 0.0159. The summed E-state index contributed by atoms with van der Waals surface area (Å²) in [6, 6.07) is 0. The molecule has 6 heteroatoms. The molecule has 2 aliphatic carbocycles. The van der Waals surface area contributed by atoms with Gasteiger partial charge in [-0.1, -0.05) is 51.5 Å². The number of aliphatic hydroxyl groups is 1. The third-order valence-corrected chi connectivity index (χ3v) is 9.75. The minimum atomic E-state index is -1.14. The van der Waals surface area contributed by atoms with Crippen molar-refractivity contribution in [2.24, 2.45) is 28.6 Å². The summed E-state index contributed by atoms with van der Waals surface area (Å²) >= 11 is 0. The van der Waals surface area contributed by atoms with Crippen molar-refractivity contribution in [3.63, 3.8) is 0 Å². The van der Waals surface area contributed by atoms with E-state index < -0.39 is 17.7 Å². The Labute approximate surface area is 228 Å². The Kier molecular flexibility index (Phi) is 9.07. The van der Waals surface area contributed by atoms with Crippen molar-refractivity contribution in [2.75, 3.05) is 0 Å². The molecule has 38 heavy (non-hydrogen) atoms. The topological polar surface area (TPSA) is 97.0 Å². The molecule has 0 aromatic carbocycles. The van der Waals surface area contributed by atoms with E-state index in [1.165, 1.54) is 5.57 Å². The van der Waals surface area contributed by atoms with Crippen LogP contribution in [0, 0.1) is 42.4 Å². The number of carbonyl (C=O) groups is 1. The maximum absolute atomic E-state index is 12.9. The first-order chi connectivity index (χ1) is 17.6. The van der Waals surface area contributed by atoms with Gasteiger partial charge in [0, 0.05) is 11.0 Å². The summed E-state index contributed by atoms with van der Waals surface area (Å²) in [4.78, 5) is 25.7. The Morgan fingerprint density at radius 2 is 1.89 bits per heavy atom. The molecule has 0 bridgehead atoms. The fraction of sp³-hybridized carbons (Fsp3) is 0.688. The molecule has 2 aliphatic rings. The third kappa shape index (κ3) is 5.66. The lowest BCUT2D eigenvalue weighted by Crippen LogP contribution is -2.57. The molecule has 1 aromatic heterocycles. The summed E-state index contributed by atoms with van der Waals surface area (Å²) in [7, 11) is 0. The molecule has 1 heterocycles. The summed E-state index contributed by atoms with van der Waals surface area (Å²) in [5.41, 5.74) is 2.25. The van der Waals surface area contributed by atoms with E-state index in [-0.39, 0.29) is 40.4 Å². The summed E-state index contributed by atoms with van der Waals surface area (Å²) in [6.45, 7) is 20.2. The maximum atomic E-state index is 12.9. The molecule has 3 rings (SSSR count). The minimum Gasteiger partial charge on any atom is -0.507 e. The normalized spacial score (nSPS) is 30.1. The quantitative estimate of drug-likeness (QED) is 0.293. The van der Waals surface area contributed by atoms with Gasteiger partial charge in [0.1, 0.15) is 17.6 Å². The van der Waals surface area contributed by atoms with Gasteiger partial charge in [0.05, 0.1) is 5.56 Å². The van der Waals surface area contributed by atoms with Crippen molar-refractivity contribution in [3.05, 3.63) is 51.1 Å². The third-order valence-electron chi connectivity index (χ3n) is 9.75. The second-order valence-electron chi connectivity index (χ2n) is 12.9. The highest BCUT2D eigenvalue weighted by Gasteiger charge is 2.59. The van der Waals surface area contributed by atoms with Crippen LogP contribution >= 0.6 is 0 Å². The predicted molar refractivity (Wildman–Crippen MR) is 150 cm³/mol. The summed E-state index contributed by atoms with van der Waals surface area (Å²) in [5.74, 6) is -0.115. The van der Waals surface area contributed by atoms with Crippen molar-refractivity contribution in [1.29, 1.82) is 0 Å². The molecule has 0 saturated heterocycles. The van der Waals surface area contributed by atoms with E-state index in [9.17, 15) is 19.8 Å². The number of rotatable bonds is 8. The first kappa shape index (κ1) is 30.2. The second-order valence-corrected chi connectivity index (χ2v) is 12.9. The number of ether oxygens (including phenoxy) is 1. The average Bonchev–Trinajstić information content (AvgIpc) is 2.82. The smallest absolute Gasteiger partial charge is 0.342 e. The molecule has 0 spiro atoms. The fourth-order valence-electron chi connectivity index (χ4n) is 7.18. The Balaban J connectivity index is 2.02. The standard InChI is InChI=1S/C32H48O6/c1-18(2)11-10-15-32(9)25-13-12-20(5)24(17-23-28(34)21(6)22(7)37-29(23)35)31(25,8)16-14-26(32)38-30(36)27(33)19(3)4/h11,19,24-27,33-34H,5,10,12-17H2,1-4,6-9H3. The molecule has 2 N–H and O–H groups in total. The molecule has 6 unspecified atom stereocenters. The number of hydrogen-bond acceptors (Lipinski definition) is 6. The highest BCUT2D eigenvalue weighted by atomic mass is 16.6. The zero-order chi connectivity index (χ0) is 28.6. The molecule has 212 valence electrons. The van der Waals surface area contributed by atoms with Crippen LogP contribution in [-0.4, -0.2) is 28.4 Å². The molecule has 0 radical (unpaired) electrons. The molecule has 1 aromatic rings. The first-order valence-corrected chi connectivity index (χ1v) is 14.1. The van der Waals surface area contributed by atoms with Gasteiger partial charge in [0.25, 0.3) is 0 Å². The van der Waals surface area contributed by atoms with Crippen molar-refractivity contribution < 1.29 is 24.2 Å². The fourth-order valence-corrected chi connectivity index (χ4v) is 7.18. The van der Waals surface area contributed by atoms with E-state index in [1.807, 2.05) is 13.8 Å². The van der Waals surface area contributed by atoms with Crippen molar-refractivity contribution in [2.45, 2.75) is 113 Å². The van der Waals surface area contributed by atoms with Crippen LogP contribution in [0.3, 0.4) is 0 Å². The van der Waals surface area contributed by atoms with Crippen LogP contribution in [0.1, 0.15) is 97.0 Å². The predicted octanol–water partition coefficient (Wildman–Crippen LogP) is 6.57. The van der Waals surface area contributed by atoms with Gasteiger partial charge in [0.15, 0.2) is 6.10 Å². The summed E-state index contributed by atoms with van der Waals surface area (Å²) in [5, 5.41) is 21.3.